The summed E-state index contributed by atoms with van der Waals surface area (Å²) in [5, 5.41) is 24.6. The third kappa shape index (κ3) is 9.13. The molecule has 6 unspecified atom stereocenters. The molecular formula is C47H59N3O10. The number of rotatable bonds is 20. The molecule has 0 bridgehead atoms. The topological polar surface area (TPSA) is 151 Å². The van der Waals surface area contributed by atoms with Gasteiger partial charge >= 0.3 is 6.09 Å². The summed E-state index contributed by atoms with van der Waals surface area (Å²) in [5.74, 6) is 0.580. The molecule has 2 aromatic carbocycles. The van der Waals surface area contributed by atoms with Gasteiger partial charge in [-0.25, -0.2) is 4.79 Å². The molecule has 13 nitrogen and oxygen atoms in total. The van der Waals surface area contributed by atoms with Gasteiger partial charge in [0.2, 0.25) is 12.6 Å². The molecule has 0 spiro atoms. The van der Waals surface area contributed by atoms with Crippen molar-refractivity contribution >= 4 is 11.8 Å². The number of oxime groups is 1. The lowest BCUT2D eigenvalue weighted by Crippen LogP contribution is -2.70. The summed E-state index contributed by atoms with van der Waals surface area (Å²) in [7, 11) is 0. The van der Waals surface area contributed by atoms with Gasteiger partial charge < -0.3 is 43.5 Å². The Morgan fingerprint density at radius 3 is 2.57 bits per heavy atom. The van der Waals surface area contributed by atoms with Crippen LogP contribution in [0.2, 0.25) is 0 Å². The summed E-state index contributed by atoms with van der Waals surface area (Å²) < 4.78 is 38.0. The van der Waals surface area contributed by atoms with Crippen LogP contribution in [0.4, 0.5) is 4.79 Å². The normalized spacial score (nSPS) is 24.1. The summed E-state index contributed by atoms with van der Waals surface area (Å²) >= 11 is 0. The fourth-order valence-corrected chi connectivity index (χ4v) is 9.46. The van der Waals surface area contributed by atoms with E-state index in [9.17, 15) is 15.0 Å². The molecule has 1 aromatic heterocycles. The van der Waals surface area contributed by atoms with E-state index in [1.165, 1.54) is 0 Å². The van der Waals surface area contributed by atoms with Gasteiger partial charge in [0, 0.05) is 43.4 Å². The van der Waals surface area contributed by atoms with Crippen LogP contribution in [0.3, 0.4) is 0 Å². The zero-order valence-electron chi connectivity index (χ0n) is 35.1. The Labute approximate surface area is 352 Å². The number of aryl methyl sites for hydroxylation is 1. The van der Waals surface area contributed by atoms with Crippen molar-refractivity contribution in [3.8, 4) is 23.0 Å². The maximum Gasteiger partial charge on any atom is 0.410 e. The number of allylic oxidation sites excluding steroid dienone is 1. The molecule has 2 N–H and O–H groups in total. The Morgan fingerprint density at radius 1 is 1.00 bits per heavy atom. The van der Waals surface area contributed by atoms with Crippen molar-refractivity contribution in [1.29, 1.82) is 0 Å². The molecule has 6 atom stereocenters. The van der Waals surface area contributed by atoms with Crippen molar-refractivity contribution in [2.24, 2.45) is 22.9 Å². The Morgan fingerprint density at radius 2 is 1.80 bits per heavy atom. The van der Waals surface area contributed by atoms with Crippen LogP contribution in [0, 0.1) is 24.7 Å². The third-order valence-corrected chi connectivity index (χ3v) is 11.9. The number of unbranched alkanes of at least 4 members (excludes halogenated alkanes) is 2. The fourth-order valence-electron chi connectivity index (χ4n) is 9.46. The molecule has 4 aliphatic rings. The van der Waals surface area contributed by atoms with Crippen LogP contribution in [0.25, 0.3) is 0 Å². The van der Waals surface area contributed by atoms with Crippen molar-refractivity contribution in [2.75, 3.05) is 39.8 Å². The van der Waals surface area contributed by atoms with Gasteiger partial charge in [-0.1, -0.05) is 42.3 Å². The minimum absolute atomic E-state index is 0.0593. The molecule has 3 heterocycles. The molecule has 1 saturated carbocycles. The molecule has 60 heavy (non-hydrogen) atoms. The molecular weight excluding hydrogens is 767 g/mol. The van der Waals surface area contributed by atoms with E-state index in [0.29, 0.717) is 48.2 Å². The molecule has 3 aromatic rings. The lowest BCUT2D eigenvalue weighted by Gasteiger charge is -2.59. The minimum atomic E-state index is -1.44. The molecule has 2 aliphatic carbocycles. The molecule has 0 saturated heterocycles. The molecule has 13 heteroatoms. The number of pyridine rings is 1. The van der Waals surface area contributed by atoms with E-state index >= 15 is 0 Å². The molecule has 1 amide bonds. The van der Waals surface area contributed by atoms with E-state index in [-0.39, 0.29) is 70.5 Å². The number of benzene rings is 2. The second kappa shape index (κ2) is 20.0. The zero-order chi connectivity index (χ0) is 42.1. The van der Waals surface area contributed by atoms with Crippen LogP contribution in [-0.4, -0.2) is 83.6 Å². The number of aromatic nitrogens is 1. The number of carbonyl (C=O) groups is 1. The molecule has 0 radical (unpaired) electrons. The third-order valence-electron chi connectivity index (χ3n) is 11.9. The van der Waals surface area contributed by atoms with Crippen molar-refractivity contribution in [1.82, 2.24) is 9.88 Å². The average Bonchev–Trinajstić information content (AvgIpc) is 3.73. The summed E-state index contributed by atoms with van der Waals surface area (Å²) in [5.41, 5.74) is 5.17. The molecule has 1 fully saturated rings. The number of nitrogens with zero attached hydrogens (tertiary/aromatic N) is 3. The quantitative estimate of drug-likeness (QED) is 0.0648. The van der Waals surface area contributed by atoms with Crippen molar-refractivity contribution < 1.29 is 48.3 Å². The first-order chi connectivity index (χ1) is 29.3. The molecule has 2 aliphatic heterocycles. The maximum atomic E-state index is 14.4. The van der Waals surface area contributed by atoms with Crippen molar-refractivity contribution in [2.45, 2.75) is 96.6 Å². The SMILES string of the molecule is C=CCOC12Oc3ccc(OCc4cccc(C)n4)cc3C3C(CCCCO)C(CCCCO)C=C(C(=NOCC)CC1N(Cc1ccc4c(c1)OCO4)C(=O)OCC)C32. The fraction of sp³-hybridized carbons (Fsp3) is 0.511. The molecule has 7 rings (SSSR count). The van der Waals surface area contributed by atoms with E-state index in [0.717, 1.165) is 53.8 Å². The second-order valence-corrected chi connectivity index (χ2v) is 15.8. The van der Waals surface area contributed by atoms with Crippen molar-refractivity contribution in [3.05, 3.63) is 101 Å². The lowest BCUT2D eigenvalue weighted by molar-refractivity contribution is -0.256. The van der Waals surface area contributed by atoms with E-state index in [2.05, 4.69) is 23.7 Å². The van der Waals surface area contributed by atoms with E-state index in [1.807, 2.05) is 62.4 Å². The van der Waals surface area contributed by atoms with Gasteiger partial charge in [-0.15, -0.1) is 6.58 Å². The van der Waals surface area contributed by atoms with E-state index in [1.54, 1.807) is 17.9 Å². The zero-order valence-corrected chi connectivity index (χ0v) is 35.1. The largest absolute Gasteiger partial charge is 0.487 e. The number of hydrogen-bond acceptors (Lipinski definition) is 12. The molecule has 322 valence electrons. The minimum Gasteiger partial charge on any atom is -0.487 e. The first-order valence-corrected chi connectivity index (χ1v) is 21.4. The summed E-state index contributed by atoms with van der Waals surface area (Å²) in [6.45, 7) is 11.1. The van der Waals surface area contributed by atoms with Crippen LogP contribution < -0.4 is 18.9 Å². The van der Waals surface area contributed by atoms with Crippen LogP contribution >= 0.6 is 0 Å². The van der Waals surface area contributed by atoms with E-state index < -0.39 is 23.8 Å². The summed E-state index contributed by atoms with van der Waals surface area (Å²) in [4.78, 5) is 26.7. The standard InChI is InChI=1S/C47H59N3O10/c1-5-23-58-47-43(50(46(53)54-6-2)28-32-17-19-41-42(24-32)57-30-56-41)27-39(49-59-7-3)37-25-33(14-8-10-21-51)36(16-9-11-22-52)44(45(37)47)38-26-35(18-20-40(38)60-47)55-29-34-15-12-13-31(4)48-34/h5,12-13,15,17-20,24-26,33,36,43-45,51-52H,1,6-11,14,16,21-23,27-30H2,2-4H3. The van der Waals surface area contributed by atoms with Gasteiger partial charge in [-0.05, 0) is 112 Å². The Hall–Kier alpha value is -5.11. The van der Waals surface area contributed by atoms with Gasteiger partial charge in [-0.2, -0.15) is 0 Å². The lowest BCUT2D eigenvalue weighted by atomic mass is 9.55. The summed E-state index contributed by atoms with van der Waals surface area (Å²) in [6, 6.07) is 16.7. The predicted molar refractivity (Wildman–Crippen MR) is 225 cm³/mol. The number of fused-ring (bicyclic) bond motifs is 3. The number of carbonyl (C=O) groups excluding carboxylic acids is 1. The Bertz CT molecular complexity index is 2020. The highest BCUT2D eigenvalue weighted by molar-refractivity contribution is 6.03. The monoisotopic (exact) mass is 825 g/mol. The predicted octanol–water partition coefficient (Wildman–Crippen LogP) is 8.01. The number of amides is 1. The van der Waals surface area contributed by atoms with Crippen LogP contribution in [0.15, 0.2) is 84.1 Å². The highest BCUT2D eigenvalue weighted by Crippen LogP contribution is 2.62. The van der Waals surface area contributed by atoms with Crippen LogP contribution in [-0.2, 0) is 27.5 Å². The van der Waals surface area contributed by atoms with Gasteiger partial charge in [0.25, 0.3) is 0 Å². The van der Waals surface area contributed by atoms with Gasteiger partial charge in [0.1, 0.15) is 30.8 Å². The smallest absolute Gasteiger partial charge is 0.410 e. The highest BCUT2D eigenvalue weighted by Gasteiger charge is 2.65. The highest BCUT2D eigenvalue weighted by atomic mass is 16.7. The Kier molecular flexibility index (Phi) is 14.3. The first kappa shape index (κ1) is 43.0. The van der Waals surface area contributed by atoms with Crippen molar-refractivity contribution in [3.63, 3.8) is 0 Å². The first-order valence-electron chi connectivity index (χ1n) is 21.4. The van der Waals surface area contributed by atoms with Crippen LogP contribution in [0.5, 0.6) is 23.0 Å². The number of aliphatic hydroxyl groups is 2. The number of ether oxygens (including phenoxy) is 6. The van der Waals surface area contributed by atoms with Gasteiger partial charge in [0.15, 0.2) is 11.5 Å². The second-order valence-electron chi connectivity index (χ2n) is 15.8. The Balaban J connectivity index is 1.42. The van der Waals surface area contributed by atoms with Crippen LogP contribution in [0.1, 0.15) is 87.2 Å². The van der Waals surface area contributed by atoms with Gasteiger partial charge in [-0.3, -0.25) is 9.88 Å². The van der Waals surface area contributed by atoms with E-state index in [4.69, 9.17) is 38.4 Å². The number of hydrogen-bond donors (Lipinski definition) is 2. The summed E-state index contributed by atoms with van der Waals surface area (Å²) in [6.07, 6.45) is 8.38. The maximum absolute atomic E-state index is 14.4. The average molecular weight is 826 g/mol. The van der Waals surface area contributed by atoms with Gasteiger partial charge in [0.05, 0.1) is 30.5 Å². The number of aliphatic hydroxyl groups excluding tert-OH is 2.